The third-order valence-corrected chi connectivity index (χ3v) is 3.27. The summed E-state index contributed by atoms with van der Waals surface area (Å²) in [5.41, 5.74) is 2.38. The Labute approximate surface area is 109 Å². The zero-order valence-corrected chi connectivity index (χ0v) is 11.6. The highest BCUT2D eigenvalue weighted by atomic mass is 15.3. The third kappa shape index (κ3) is 2.71. The molecular formula is C14H22N4. The number of benzene rings is 1. The van der Waals surface area contributed by atoms with Gasteiger partial charge in [0.25, 0.3) is 0 Å². The number of rotatable bonds is 5. The van der Waals surface area contributed by atoms with Gasteiger partial charge in [-0.15, -0.1) is 0 Å². The highest BCUT2D eigenvalue weighted by molar-refractivity contribution is 5.81. The van der Waals surface area contributed by atoms with Gasteiger partial charge in [-0.2, -0.15) is 5.10 Å². The molecule has 1 aromatic heterocycles. The van der Waals surface area contributed by atoms with Gasteiger partial charge in [-0.1, -0.05) is 18.2 Å². The molecule has 0 saturated carbocycles. The lowest BCUT2D eigenvalue weighted by molar-refractivity contribution is 0.345. The minimum atomic E-state index is 0.429. The summed E-state index contributed by atoms with van der Waals surface area (Å²) < 4.78 is 1.97. The Kier molecular flexibility index (Phi) is 3.99. The van der Waals surface area contributed by atoms with Crippen LogP contribution < -0.4 is 5.32 Å². The molecule has 1 heterocycles. The SMILES string of the molecule is CNC(Cc1nn(C)c2ccccc12)CN(C)C. The predicted molar refractivity (Wildman–Crippen MR) is 75.8 cm³/mol. The molecule has 4 nitrogen and oxygen atoms in total. The maximum Gasteiger partial charge on any atom is 0.0719 e. The van der Waals surface area contributed by atoms with Gasteiger partial charge >= 0.3 is 0 Å². The molecule has 4 heteroatoms. The van der Waals surface area contributed by atoms with Crippen molar-refractivity contribution in [2.24, 2.45) is 7.05 Å². The Morgan fingerprint density at radius 1 is 1.33 bits per heavy atom. The zero-order valence-electron chi connectivity index (χ0n) is 11.6. The summed E-state index contributed by atoms with van der Waals surface area (Å²) in [6.45, 7) is 1.02. The second-order valence-electron chi connectivity index (χ2n) is 5.04. The lowest BCUT2D eigenvalue weighted by Gasteiger charge is -2.19. The molecule has 1 atom stereocenters. The van der Waals surface area contributed by atoms with Gasteiger partial charge in [-0.3, -0.25) is 4.68 Å². The van der Waals surface area contributed by atoms with Gasteiger partial charge in [0.2, 0.25) is 0 Å². The molecule has 98 valence electrons. The number of aromatic nitrogens is 2. The highest BCUT2D eigenvalue weighted by Crippen LogP contribution is 2.18. The molecule has 0 aliphatic heterocycles. The van der Waals surface area contributed by atoms with E-state index in [9.17, 15) is 0 Å². The van der Waals surface area contributed by atoms with Crippen LogP contribution in [0.15, 0.2) is 24.3 Å². The van der Waals surface area contributed by atoms with Crippen LogP contribution in [0.2, 0.25) is 0 Å². The van der Waals surface area contributed by atoms with Crippen LogP contribution in [0, 0.1) is 0 Å². The standard InChI is InChI=1S/C14H22N4/c1-15-11(10-17(2)3)9-13-12-7-5-6-8-14(12)18(4)16-13/h5-8,11,15H,9-10H2,1-4H3. The maximum atomic E-state index is 4.64. The summed E-state index contributed by atoms with van der Waals surface area (Å²) >= 11 is 0. The minimum Gasteiger partial charge on any atom is -0.315 e. The number of nitrogens with zero attached hydrogens (tertiary/aromatic N) is 3. The molecule has 2 rings (SSSR count). The average Bonchev–Trinajstić information content (AvgIpc) is 2.66. The molecule has 1 unspecified atom stereocenters. The number of hydrogen-bond acceptors (Lipinski definition) is 3. The smallest absolute Gasteiger partial charge is 0.0719 e. The molecule has 0 aliphatic rings. The van der Waals surface area contributed by atoms with Crippen molar-refractivity contribution in [2.75, 3.05) is 27.7 Å². The summed E-state index contributed by atoms with van der Waals surface area (Å²) in [4.78, 5) is 2.20. The lowest BCUT2D eigenvalue weighted by atomic mass is 10.1. The normalized spacial score (nSPS) is 13.4. The van der Waals surface area contributed by atoms with Gasteiger partial charge in [0, 0.05) is 31.4 Å². The van der Waals surface area contributed by atoms with E-state index >= 15 is 0 Å². The quantitative estimate of drug-likeness (QED) is 0.862. The minimum absolute atomic E-state index is 0.429. The fraction of sp³-hybridized carbons (Fsp3) is 0.500. The number of fused-ring (bicyclic) bond motifs is 1. The first-order chi connectivity index (χ1) is 8.61. The second kappa shape index (κ2) is 5.50. The fourth-order valence-corrected chi connectivity index (χ4v) is 2.37. The molecule has 0 fully saturated rings. The van der Waals surface area contributed by atoms with Crippen LogP contribution in [0.25, 0.3) is 10.9 Å². The molecule has 18 heavy (non-hydrogen) atoms. The molecule has 1 aromatic carbocycles. The summed E-state index contributed by atoms with van der Waals surface area (Å²) in [7, 11) is 8.22. The first kappa shape index (κ1) is 13.1. The largest absolute Gasteiger partial charge is 0.315 e. The zero-order chi connectivity index (χ0) is 13.1. The molecule has 0 radical (unpaired) electrons. The number of para-hydroxylation sites is 1. The Morgan fingerprint density at radius 2 is 2.06 bits per heavy atom. The molecule has 2 aromatic rings. The van der Waals surface area contributed by atoms with Gasteiger partial charge in [-0.25, -0.2) is 0 Å². The fourth-order valence-electron chi connectivity index (χ4n) is 2.37. The van der Waals surface area contributed by atoms with Crippen LogP contribution in [-0.4, -0.2) is 48.4 Å². The Bertz CT molecular complexity index is 515. The van der Waals surface area contributed by atoms with Crippen molar-refractivity contribution < 1.29 is 0 Å². The molecule has 0 spiro atoms. The maximum absolute atomic E-state index is 4.64. The first-order valence-electron chi connectivity index (χ1n) is 6.34. The lowest BCUT2D eigenvalue weighted by Crippen LogP contribution is -2.37. The molecular weight excluding hydrogens is 224 g/mol. The summed E-state index contributed by atoms with van der Waals surface area (Å²) in [5.74, 6) is 0. The van der Waals surface area contributed by atoms with Gasteiger partial charge in [0.1, 0.15) is 0 Å². The van der Waals surface area contributed by atoms with Crippen LogP contribution in [-0.2, 0) is 13.5 Å². The number of aryl methyl sites for hydroxylation is 1. The van der Waals surface area contributed by atoms with Crippen LogP contribution in [0.3, 0.4) is 0 Å². The van der Waals surface area contributed by atoms with Crippen molar-refractivity contribution >= 4 is 10.9 Å². The van der Waals surface area contributed by atoms with Crippen LogP contribution in [0.4, 0.5) is 0 Å². The van der Waals surface area contributed by atoms with E-state index in [0.717, 1.165) is 13.0 Å². The monoisotopic (exact) mass is 246 g/mol. The topological polar surface area (TPSA) is 33.1 Å². The van der Waals surface area contributed by atoms with E-state index in [1.165, 1.54) is 16.6 Å². The van der Waals surface area contributed by atoms with Gasteiger partial charge < -0.3 is 10.2 Å². The van der Waals surface area contributed by atoms with E-state index in [0.29, 0.717) is 6.04 Å². The van der Waals surface area contributed by atoms with E-state index in [2.05, 4.69) is 53.7 Å². The van der Waals surface area contributed by atoms with Crippen molar-refractivity contribution in [1.29, 1.82) is 0 Å². The van der Waals surface area contributed by atoms with Crippen LogP contribution in [0.5, 0.6) is 0 Å². The van der Waals surface area contributed by atoms with Crippen molar-refractivity contribution in [2.45, 2.75) is 12.5 Å². The van der Waals surface area contributed by atoms with E-state index < -0.39 is 0 Å². The third-order valence-electron chi connectivity index (χ3n) is 3.27. The van der Waals surface area contributed by atoms with E-state index in [-0.39, 0.29) is 0 Å². The van der Waals surface area contributed by atoms with Crippen LogP contribution >= 0.6 is 0 Å². The summed E-state index contributed by atoms with van der Waals surface area (Å²) in [5, 5.41) is 9.27. The van der Waals surface area contributed by atoms with E-state index in [4.69, 9.17) is 0 Å². The molecule has 1 N–H and O–H groups in total. The number of nitrogens with one attached hydrogen (secondary N) is 1. The second-order valence-corrected chi connectivity index (χ2v) is 5.04. The van der Waals surface area contributed by atoms with Crippen molar-refractivity contribution in [3.8, 4) is 0 Å². The molecule has 0 bridgehead atoms. The summed E-state index contributed by atoms with van der Waals surface area (Å²) in [6, 6.07) is 8.83. The molecule has 0 saturated heterocycles. The van der Waals surface area contributed by atoms with E-state index in [1.54, 1.807) is 0 Å². The van der Waals surface area contributed by atoms with Crippen molar-refractivity contribution in [1.82, 2.24) is 20.0 Å². The highest BCUT2D eigenvalue weighted by Gasteiger charge is 2.14. The number of hydrogen-bond donors (Lipinski definition) is 1. The Hall–Kier alpha value is -1.39. The van der Waals surface area contributed by atoms with Gasteiger partial charge in [0.05, 0.1) is 11.2 Å². The van der Waals surface area contributed by atoms with Crippen molar-refractivity contribution in [3.05, 3.63) is 30.0 Å². The predicted octanol–water partition coefficient (Wildman–Crippen LogP) is 1.27. The first-order valence-corrected chi connectivity index (χ1v) is 6.34. The number of likely N-dealkylation sites (N-methyl/N-ethyl adjacent to an activating group) is 2. The van der Waals surface area contributed by atoms with Gasteiger partial charge in [0.15, 0.2) is 0 Å². The molecule has 0 aliphatic carbocycles. The van der Waals surface area contributed by atoms with Gasteiger partial charge in [-0.05, 0) is 27.2 Å². The van der Waals surface area contributed by atoms with Crippen molar-refractivity contribution in [3.63, 3.8) is 0 Å². The average molecular weight is 246 g/mol. The Morgan fingerprint density at radius 3 is 2.72 bits per heavy atom. The Balaban J connectivity index is 2.25. The van der Waals surface area contributed by atoms with E-state index in [1.807, 2.05) is 18.8 Å². The van der Waals surface area contributed by atoms with Crippen LogP contribution in [0.1, 0.15) is 5.69 Å². The molecule has 0 amide bonds. The summed E-state index contributed by atoms with van der Waals surface area (Å²) in [6.07, 6.45) is 0.954.